The average Bonchev–Trinajstić information content (AvgIpc) is 3.10. The Balaban J connectivity index is 1.65. The van der Waals surface area contributed by atoms with Crippen molar-refractivity contribution in [2.45, 2.75) is 6.61 Å². The first-order chi connectivity index (χ1) is 14.1. The van der Waals surface area contributed by atoms with E-state index in [1.165, 1.54) is 12.1 Å². The third-order valence-corrected chi connectivity index (χ3v) is 4.81. The van der Waals surface area contributed by atoms with E-state index in [1.54, 1.807) is 24.3 Å². The molecule has 0 unspecified atom stereocenters. The van der Waals surface area contributed by atoms with E-state index in [4.69, 9.17) is 9.57 Å². The van der Waals surface area contributed by atoms with Crippen LogP contribution in [0.25, 0.3) is 6.08 Å². The number of halogens is 2. The van der Waals surface area contributed by atoms with Crippen LogP contribution in [-0.2, 0) is 16.2 Å². The van der Waals surface area contributed by atoms with Crippen molar-refractivity contribution >= 4 is 33.7 Å². The third kappa shape index (κ3) is 4.43. The second kappa shape index (κ2) is 8.41. The zero-order chi connectivity index (χ0) is 20.2. The smallest absolute Gasteiger partial charge is 0.368 e. The fourth-order valence-corrected chi connectivity index (χ4v) is 3.25. The van der Waals surface area contributed by atoms with Crippen LogP contribution in [0, 0.1) is 5.82 Å². The summed E-state index contributed by atoms with van der Waals surface area (Å²) in [6.07, 6.45) is 1.70. The minimum atomic E-state index is -0.520. The van der Waals surface area contributed by atoms with E-state index in [-0.39, 0.29) is 12.4 Å². The topological polar surface area (TPSA) is 47.9 Å². The van der Waals surface area contributed by atoms with Crippen LogP contribution >= 0.6 is 15.9 Å². The van der Waals surface area contributed by atoms with Gasteiger partial charge in [0.25, 0.3) is 0 Å². The minimum Gasteiger partial charge on any atom is -0.488 e. The van der Waals surface area contributed by atoms with Gasteiger partial charge in [0.2, 0.25) is 0 Å². The van der Waals surface area contributed by atoms with Crippen molar-refractivity contribution in [2.75, 3.05) is 0 Å². The predicted molar refractivity (Wildman–Crippen MR) is 112 cm³/mol. The number of hydrogen-bond donors (Lipinski definition) is 0. The largest absolute Gasteiger partial charge is 0.488 e. The molecular weight excluding hydrogens is 437 g/mol. The highest BCUT2D eigenvalue weighted by molar-refractivity contribution is 9.10. The highest BCUT2D eigenvalue weighted by atomic mass is 79.9. The van der Waals surface area contributed by atoms with Crippen molar-refractivity contribution in [1.29, 1.82) is 0 Å². The second-order valence-electron chi connectivity index (χ2n) is 6.34. The lowest BCUT2D eigenvalue weighted by molar-refractivity contribution is -0.136. The Hall–Kier alpha value is -3.25. The molecule has 0 fully saturated rings. The molecule has 0 spiro atoms. The summed E-state index contributed by atoms with van der Waals surface area (Å²) < 4.78 is 19.9. The lowest BCUT2D eigenvalue weighted by atomic mass is 10.0. The SMILES string of the molecule is O=C1ON=C(c2ccccc2)/C1=C/c1cc(Br)ccc1OCc1ccc(F)cc1. The zero-order valence-corrected chi connectivity index (χ0v) is 16.7. The van der Waals surface area contributed by atoms with Gasteiger partial charge in [-0.05, 0) is 42.0 Å². The Labute approximate surface area is 175 Å². The monoisotopic (exact) mass is 451 g/mol. The molecule has 29 heavy (non-hydrogen) atoms. The summed E-state index contributed by atoms with van der Waals surface area (Å²) >= 11 is 3.45. The van der Waals surface area contributed by atoms with Gasteiger partial charge in [0.05, 0.1) is 5.57 Å². The molecule has 0 aromatic heterocycles. The van der Waals surface area contributed by atoms with Crippen molar-refractivity contribution in [3.8, 4) is 5.75 Å². The van der Waals surface area contributed by atoms with E-state index in [9.17, 15) is 9.18 Å². The van der Waals surface area contributed by atoms with Crippen LogP contribution in [0.2, 0.25) is 0 Å². The summed E-state index contributed by atoms with van der Waals surface area (Å²) in [5, 5.41) is 3.93. The van der Waals surface area contributed by atoms with Crippen LogP contribution in [0.5, 0.6) is 5.75 Å². The maximum absolute atomic E-state index is 13.1. The lowest BCUT2D eigenvalue weighted by Gasteiger charge is -2.11. The highest BCUT2D eigenvalue weighted by Gasteiger charge is 2.27. The Morgan fingerprint density at radius 3 is 2.55 bits per heavy atom. The van der Waals surface area contributed by atoms with Crippen molar-refractivity contribution in [3.63, 3.8) is 0 Å². The van der Waals surface area contributed by atoms with Crippen LogP contribution in [0.15, 0.2) is 88.0 Å². The Morgan fingerprint density at radius 1 is 1.03 bits per heavy atom. The zero-order valence-electron chi connectivity index (χ0n) is 15.1. The molecule has 0 N–H and O–H groups in total. The molecule has 0 atom stereocenters. The number of ether oxygens (including phenoxy) is 1. The Kier molecular flexibility index (Phi) is 5.53. The standard InChI is InChI=1S/C23H15BrFNO3/c24-18-8-11-21(28-14-15-6-9-19(25)10-7-15)17(12-18)13-20-22(26-29-23(20)27)16-4-2-1-3-5-16/h1-13H,14H2/b20-13-. The van der Waals surface area contributed by atoms with Crippen LogP contribution in [0.1, 0.15) is 16.7 Å². The highest BCUT2D eigenvalue weighted by Crippen LogP contribution is 2.29. The van der Waals surface area contributed by atoms with Gasteiger partial charge in [-0.25, -0.2) is 9.18 Å². The molecule has 3 aromatic rings. The molecule has 4 nitrogen and oxygen atoms in total. The lowest BCUT2D eigenvalue weighted by Crippen LogP contribution is -2.07. The van der Waals surface area contributed by atoms with E-state index >= 15 is 0 Å². The van der Waals surface area contributed by atoms with Gasteiger partial charge in [0.1, 0.15) is 23.9 Å². The normalized spacial score (nSPS) is 14.6. The van der Waals surface area contributed by atoms with Crippen LogP contribution in [0.3, 0.4) is 0 Å². The summed E-state index contributed by atoms with van der Waals surface area (Å²) in [6, 6.07) is 21.0. The van der Waals surface area contributed by atoms with Crippen LogP contribution in [0.4, 0.5) is 4.39 Å². The van der Waals surface area contributed by atoms with E-state index < -0.39 is 5.97 Å². The Bertz CT molecular complexity index is 1110. The first-order valence-corrected chi connectivity index (χ1v) is 9.63. The van der Waals surface area contributed by atoms with Crippen molar-refractivity contribution in [2.24, 2.45) is 5.16 Å². The summed E-state index contributed by atoms with van der Waals surface area (Å²) in [7, 11) is 0. The molecule has 144 valence electrons. The summed E-state index contributed by atoms with van der Waals surface area (Å²) in [4.78, 5) is 17.2. The van der Waals surface area contributed by atoms with Gasteiger partial charge in [0, 0.05) is 15.6 Å². The fraction of sp³-hybridized carbons (Fsp3) is 0.0435. The molecule has 0 saturated heterocycles. The number of nitrogens with zero attached hydrogens (tertiary/aromatic N) is 1. The molecule has 1 heterocycles. The molecule has 0 bridgehead atoms. The number of carbonyl (C=O) groups excluding carboxylic acids is 1. The summed E-state index contributed by atoms with van der Waals surface area (Å²) in [6.45, 7) is 0.266. The number of rotatable bonds is 5. The minimum absolute atomic E-state index is 0.266. The quantitative estimate of drug-likeness (QED) is 0.379. The number of benzene rings is 3. The van der Waals surface area contributed by atoms with Gasteiger partial charge in [-0.2, -0.15) is 0 Å². The van der Waals surface area contributed by atoms with E-state index in [2.05, 4.69) is 21.1 Å². The molecule has 0 aliphatic carbocycles. The van der Waals surface area contributed by atoms with Gasteiger partial charge in [0.15, 0.2) is 0 Å². The molecular formula is C23H15BrFNO3. The van der Waals surface area contributed by atoms with Crippen molar-refractivity contribution in [1.82, 2.24) is 0 Å². The molecule has 1 aliphatic rings. The molecule has 0 amide bonds. The molecule has 4 rings (SSSR count). The van der Waals surface area contributed by atoms with Crippen molar-refractivity contribution in [3.05, 3.63) is 105 Å². The van der Waals surface area contributed by atoms with E-state index in [0.29, 0.717) is 22.6 Å². The molecule has 6 heteroatoms. The van der Waals surface area contributed by atoms with E-state index in [1.807, 2.05) is 42.5 Å². The number of carbonyl (C=O) groups is 1. The van der Waals surface area contributed by atoms with Crippen LogP contribution < -0.4 is 4.74 Å². The predicted octanol–water partition coefficient (Wildman–Crippen LogP) is 5.51. The second-order valence-corrected chi connectivity index (χ2v) is 7.26. The Morgan fingerprint density at radius 2 is 1.79 bits per heavy atom. The molecule has 0 radical (unpaired) electrons. The van der Waals surface area contributed by atoms with Gasteiger partial charge in [-0.3, -0.25) is 0 Å². The number of hydrogen-bond acceptors (Lipinski definition) is 4. The van der Waals surface area contributed by atoms with Gasteiger partial charge < -0.3 is 9.57 Å². The fourth-order valence-electron chi connectivity index (χ4n) is 2.87. The maximum Gasteiger partial charge on any atom is 0.368 e. The molecule has 3 aromatic carbocycles. The van der Waals surface area contributed by atoms with Gasteiger partial charge >= 0.3 is 5.97 Å². The summed E-state index contributed by atoms with van der Waals surface area (Å²) in [5.41, 5.74) is 3.13. The first-order valence-electron chi connectivity index (χ1n) is 8.84. The number of oxime groups is 1. The van der Waals surface area contributed by atoms with Gasteiger partial charge in [-0.1, -0.05) is 63.6 Å². The third-order valence-electron chi connectivity index (χ3n) is 4.32. The maximum atomic E-state index is 13.1. The molecule has 1 aliphatic heterocycles. The van der Waals surface area contributed by atoms with Crippen molar-refractivity contribution < 1.29 is 18.8 Å². The average molecular weight is 452 g/mol. The molecule has 0 saturated carbocycles. The van der Waals surface area contributed by atoms with Crippen LogP contribution in [-0.4, -0.2) is 11.7 Å². The van der Waals surface area contributed by atoms with E-state index in [0.717, 1.165) is 15.6 Å². The summed E-state index contributed by atoms with van der Waals surface area (Å²) in [5.74, 6) is -0.235. The van der Waals surface area contributed by atoms with Gasteiger partial charge in [-0.15, -0.1) is 0 Å². The first kappa shape index (κ1) is 19.1.